The van der Waals surface area contributed by atoms with Gasteiger partial charge in [-0.25, -0.2) is 12.7 Å². The summed E-state index contributed by atoms with van der Waals surface area (Å²) in [6.07, 6.45) is 6.84. The molecule has 3 fully saturated rings. The Morgan fingerprint density at radius 2 is 1.94 bits per heavy atom. The number of carbonyl (C=O) groups excluding carboxylic acids is 1. The summed E-state index contributed by atoms with van der Waals surface area (Å²) in [7, 11) is -3.26. The van der Waals surface area contributed by atoms with Gasteiger partial charge in [-0.2, -0.15) is 0 Å². The SMILES string of the molecule is O=C(Cc1cc(-c2cccc(NCC3CCOCC3)c2)c(Cl)cn1)[C@H]1CCCN(S(=O)(=O)C2CC2)C1. The van der Waals surface area contributed by atoms with Gasteiger partial charge in [-0.15, -0.1) is 0 Å². The van der Waals surface area contributed by atoms with Crippen LogP contribution in [0.5, 0.6) is 0 Å². The number of sulfonamides is 1. The molecule has 2 aliphatic heterocycles. The van der Waals surface area contributed by atoms with E-state index in [0.29, 0.717) is 29.7 Å². The summed E-state index contributed by atoms with van der Waals surface area (Å²) in [6, 6.07) is 10.0. The van der Waals surface area contributed by atoms with Crippen molar-refractivity contribution in [1.82, 2.24) is 9.29 Å². The van der Waals surface area contributed by atoms with Crippen molar-refractivity contribution in [1.29, 1.82) is 0 Å². The molecule has 3 heterocycles. The van der Waals surface area contributed by atoms with E-state index in [2.05, 4.69) is 16.4 Å². The van der Waals surface area contributed by atoms with Crippen LogP contribution in [0.2, 0.25) is 5.02 Å². The summed E-state index contributed by atoms with van der Waals surface area (Å²) >= 11 is 6.52. The van der Waals surface area contributed by atoms with E-state index < -0.39 is 10.0 Å². The number of nitrogens with zero attached hydrogens (tertiary/aromatic N) is 2. The van der Waals surface area contributed by atoms with E-state index in [4.69, 9.17) is 16.3 Å². The maximum atomic E-state index is 13.1. The third kappa shape index (κ3) is 6.10. The van der Waals surface area contributed by atoms with Gasteiger partial charge in [-0.1, -0.05) is 23.7 Å². The lowest BCUT2D eigenvalue weighted by molar-refractivity contribution is -0.123. The Bertz CT molecular complexity index is 1200. The number of halogens is 1. The molecule has 1 aliphatic carbocycles. The van der Waals surface area contributed by atoms with Crippen molar-refractivity contribution < 1.29 is 17.9 Å². The molecule has 1 atom stereocenters. The van der Waals surface area contributed by atoms with Crippen LogP contribution < -0.4 is 5.32 Å². The van der Waals surface area contributed by atoms with Gasteiger partial charge in [-0.05, 0) is 68.2 Å². The Balaban J connectivity index is 1.25. The first-order valence-electron chi connectivity index (χ1n) is 13.0. The minimum atomic E-state index is -3.26. The monoisotopic (exact) mass is 531 g/mol. The molecular formula is C27H34ClN3O4S. The number of carbonyl (C=O) groups is 1. The Kier molecular flexibility index (Phi) is 7.96. The molecule has 0 unspecified atom stereocenters. The van der Waals surface area contributed by atoms with E-state index in [-0.39, 0.29) is 23.4 Å². The molecule has 0 amide bonds. The van der Waals surface area contributed by atoms with Crippen LogP contribution in [0.4, 0.5) is 5.69 Å². The molecule has 1 N–H and O–H groups in total. The van der Waals surface area contributed by atoms with Crippen molar-refractivity contribution in [3.63, 3.8) is 0 Å². The molecule has 194 valence electrons. The average molecular weight is 532 g/mol. The fourth-order valence-corrected chi connectivity index (χ4v) is 7.28. The number of ether oxygens (including phenoxy) is 1. The largest absolute Gasteiger partial charge is 0.385 e. The molecule has 2 saturated heterocycles. The van der Waals surface area contributed by atoms with Crippen molar-refractivity contribution in [2.24, 2.45) is 11.8 Å². The van der Waals surface area contributed by atoms with E-state index in [1.807, 2.05) is 24.3 Å². The summed E-state index contributed by atoms with van der Waals surface area (Å²) in [5.41, 5.74) is 3.49. The Labute approximate surface area is 218 Å². The first-order chi connectivity index (χ1) is 17.4. The second-order valence-electron chi connectivity index (χ2n) is 10.3. The minimum Gasteiger partial charge on any atom is -0.385 e. The minimum absolute atomic E-state index is 0.0401. The van der Waals surface area contributed by atoms with Crippen LogP contribution >= 0.6 is 11.6 Å². The second-order valence-corrected chi connectivity index (χ2v) is 12.9. The van der Waals surface area contributed by atoms with Gasteiger partial charge in [0.1, 0.15) is 5.78 Å². The lowest BCUT2D eigenvalue weighted by Gasteiger charge is -2.31. The molecule has 1 saturated carbocycles. The first-order valence-corrected chi connectivity index (χ1v) is 14.9. The topological polar surface area (TPSA) is 88.6 Å². The normalized spacial score (nSPS) is 21.9. The van der Waals surface area contributed by atoms with Gasteiger partial charge in [0, 0.05) is 68.3 Å². The van der Waals surface area contributed by atoms with E-state index in [9.17, 15) is 13.2 Å². The van der Waals surface area contributed by atoms with Gasteiger partial charge in [0.2, 0.25) is 10.0 Å². The number of pyridine rings is 1. The van der Waals surface area contributed by atoms with Crippen molar-refractivity contribution in [3.8, 4) is 11.1 Å². The van der Waals surface area contributed by atoms with E-state index in [0.717, 1.165) is 75.1 Å². The number of anilines is 1. The molecule has 1 aromatic heterocycles. The Morgan fingerprint density at radius 1 is 1.14 bits per heavy atom. The molecule has 2 aromatic rings. The molecule has 3 aliphatic rings. The molecule has 7 nitrogen and oxygen atoms in total. The third-order valence-electron chi connectivity index (χ3n) is 7.52. The van der Waals surface area contributed by atoms with Gasteiger partial charge in [0.05, 0.1) is 10.3 Å². The smallest absolute Gasteiger partial charge is 0.217 e. The van der Waals surface area contributed by atoms with Gasteiger partial charge in [-0.3, -0.25) is 9.78 Å². The number of ketones is 1. The zero-order valence-electron chi connectivity index (χ0n) is 20.5. The van der Waals surface area contributed by atoms with Crippen LogP contribution in [0.3, 0.4) is 0 Å². The number of aromatic nitrogens is 1. The van der Waals surface area contributed by atoms with Crippen LogP contribution in [0.1, 0.15) is 44.2 Å². The summed E-state index contributed by atoms with van der Waals surface area (Å²) in [4.78, 5) is 17.5. The van der Waals surface area contributed by atoms with Gasteiger partial charge < -0.3 is 10.1 Å². The van der Waals surface area contributed by atoms with Crippen molar-refractivity contribution in [2.45, 2.75) is 50.2 Å². The van der Waals surface area contributed by atoms with Crippen molar-refractivity contribution >= 4 is 33.1 Å². The Hall–Kier alpha value is -2.00. The van der Waals surface area contributed by atoms with Crippen molar-refractivity contribution in [3.05, 3.63) is 47.2 Å². The van der Waals surface area contributed by atoms with Crippen LogP contribution in [0.25, 0.3) is 11.1 Å². The van der Waals surface area contributed by atoms with Crippen LogP contribution in [-0.4, -0.2) is 61.6 Å². The number of piperidine rings is 1. The van der Waals surface area contributed by atoms with Crippen LogP contribution in [0.15, 0.2) is 36.5 Å². The van der Waals surface area contributed by atoms with Gasteiger partial charge in [0.25, 0.3) is 0 Å². The molecule has 0 spiro atoms. The highest BCUT2D eigenvalue weighted by Crippen LogP contribution is 2.34. The zero-order valence-corrected chi connectivity index (χ0v) is 22.1. The maximum Gasteiger partial charge on any atom is 0.217 e. The quantitative estimate of drug-likeness (QED) is 0.510. The highest BCUT2D eigenvalue weighted by atomic mass is 35.5. The fourth-order valence-electron chi connectivity index (χ4n) is 5.15. The lowest BCUT2D eigenvalue weighted by Crippen LogP contribution is -2.44. The summed E-state index contributed by atoms with van der Waals surface area (Å²) in [6.45, 7) is 3.38. The third-order valence-corrected chi connectivity index (χ3v) is 10.2. The average Bonchev–Trinajstić information content (AvgIpc) is 3.76. The molecular weight excluding hydrogens is 498 g/mol. The molecule has 0 radical (unpaired) electrons. The van der Waals surface area contributed by atoms with Gasteiger partial charge in [0.15, 0.2) is 0 Å². The second kappa shape index (κ2) is 11.2. The van der Waals surface area contributed by atoms with E-state index >= 15 is 0 Å². The van der Waals surface area contributed by atoms with E-state index in [1.165, 1.54) is 4.31 Å². The lowest BCUT2D eigenvalue weighted by atomic mass is 9.92. The molecule has 36 heavy (non-hydrogen) atoms. The number of benzene rings is 1. The summed E-state index contributed by atoms with van der Waals surface area (Å²) in [5.74, 6) is 0.365. The highest BCUT2D eigenvalue weighted by molar-refractivity contribution is 7.90. The predicted octanol–water partition coefficient (Wildman–Crippen LogP) is 4.56. The number of hydrogen-bond donors (Lipinski definition) is 1. The van der Waals surface area contributed by atoms with Gasteiger partial charge >= 0.3 is 0 Å². The molecule has 5 rings (SSSR count). The zero-order chi connectivity index (χ0) is 25.1. The van der Waals surface area contributed by atoms with Crippen molar-refractivity contribution in [2.75, 3.05) is 38.2 Å². The fraction of sp³-hybridized carbons (Fsp3) is 0.556. The van der Waals surface area contributed by atoms with Crippen LogP contribution in [0, 0.1) is 11.8 Å². The van der Waals surface area contributed by atoms with E-state index in [1.54, 1.807) is 6.20 Å². The maximum absolute atomic E-state index is 13.1. The summed E-state index contributed by atoms with van der Waals surface area (Å²) < 4.78 is 32.3. The molecule has 0 bridgehead atoms. The predicted molar refractivity (Wildman–Crippen MR) is 142 cm³/mol. The molecule has 1 aromatic carbocycles. The number of nitrogens with one attached hydrogen (secondary N) is 1. The summed E-state index contributed by atoms with van der Waals surface area (Å²) in [5, 5.41) is 3.83. The van der Waals surface area contributed by atoms with Crippen LogP contribution in [-0.2, 0) is 26.0 Å². The first kappa shape index (κ1) is 25.6. The Morgan fingerprint density at radius 3 is 2.72 bits per heavy atom. The standard InChI is InChI=1S/C27H34ClN3O4S/c28-26-17-30-23(15-27(32)21-4-2-10-31(18-21)36(33,34)24-6-7-24)14-25(26)20-3-1-5-22(13-20)29-16-19-8-11-35-12-9-19/h1,3,5,13-14,17,19,21,24,29H,2,4,6-12,15-16,18H2/t21-/m0/s1. The molecule has 9 heteroatoms. The number of rotatable bonds is 9. The highest BCUT2D eigenvalue weighted by Gasteiger charge is 2.42. The number of Topliss-reactive ketones (excluding diaryl/α,β-unsaturated/α-hetero) is 1. The number of hydrogen-bond acceptors (Lipinski definition) is 6.